The Labute approximate surface area is 207 Å². The Balaban J connectivity index is 1.37. The highest BCUT2D eigenvalue weighted by Crippen LogP contribution is 2.24. The van der Waals surface area contributed by atoms with E-state index in [2.05, 4.69) is 30.7 Å². The Bertz CT molecular complexity index is 1290. The van der Waals surface area contributed by atoms with Gasteiger partial charge in [-0.05, 0) is 54.4 Å². The summed E-state index contributed by atoms with van der Waals surface area (Å²) in [6.45, 7) is 1.82. The quantitative estimate of drug-likeness (QED) is 0.250. The fourth-order valence-electron chi connectivity index (χ4n) is 3.30. The number of carbonyl (C=O) groups is 1. The number of nitrogens with zero attached hydrogens (tertiary/aromatic N) is 3. The van der Waals surface area contributed by atoms with E-state index in [0.29, 0.717) is 11.5 Å². The SMILES string of the molecule is CC(OC(=O)Cc1ccc(-c2ncn(-c3ccc(OC(F)(F)F)cc3)n2)cc1)c1ccc(Br)cc1. The minimum atomic E-state index is -4.75. The van der Waals surface area contributed by atoms with E-state index in [-0.39, 0.29) is 24.2 Å². The summed E-state index contributed by atoms with van der Waals surface area (Å²) in [5.41, 5.74) is 2.93. The van der Waals surface area contributed by atoms with E-state index in [9.17, 15) is 18.0 Å². The van der Waals surface area contributed by atoms with Crippen LogP contribution in [0.4, 0.5) is 13.2 Å². The first-order valence-corrected chi connectivity index (χ1v) is 11.3. The number of esters is 1. The summed E-state index contributed by atoms with van der Waals surface area (Å²) in [6.07, 6.45) is -3.53. The fraction of sp³-hybridized carbons (Fsp3) is 0.160. The third kappa shape index (κ3) is 6.69. The summed E-state index contributed by atoms with van der Waals surface area (Å²) in [5.74, 6) is -0.228. The molecule has 1 unspecified atom stereocenters. The molecule has 0 aliphatic rings. The number of benzene rings is 3. The van der Waals surface area contributed by atoms with Crippen LogP contribution in [0.3, 0.4) is 0 Å². The van der Waals surface area contributed by atoms with Gasteiger partial charge in [-0.2, -0.15) is 0 Å². The summed E-state index contributed by atoms with van der Waals surface area (Å²) in [5, 5.41) is 4.37. The molecule has 180 valence electrons. The summed E-state index contributed by atoms with van der Waals surface area (Å²) in [6, 6.07) is 20.1. The summed E-state index contributed by atoms with van der Waals surface area (Å²) >= 11 is 3.38. The van der Waals surface area contributed by atoms with Gasteiger partial charge in [0, 0.05) is 10.0 Å². The second-order valence-electron chi connectivity index (χ2n) is 7.61. The standard InChI is InChI=1S/C25H19BrF3N3O3/c1-16(18-6-8-20(26)9-7-18)34-23(33)14-17-2-4-19(5-3-17)24-30-15-32(31-24)21-10-12-22(13-11-21)35-25(27,28)29/h2-13,15-16H,14H2,1H3. The molecule has 1 heterocycles. The zero-order valence-corrected chi connectivity index (χ0v) is 20.0. The number of alkyl halides is 3. The smallest absolute Gasteiger partial charge is 0.458 e. The molecule has 0 bridgehead atoms. The maximum Gasteiger partial charge on any atom is 0.573 e. The van der Waals surface area contributed by atoms with Crippen LogP contribution in [0.2, 0.25) is 0 Å². The van der Waals surface area contributed by atoms with Crippen molar-refractivity contribution in [2.45, 2.75) is 25.8 Å². The van der Waals surface area contributed by atoms with Gasteiger partial charge in [-0.3, -0.25) is 4.79 Å². The van der Waals surface area contributed by atoms with E-state index in [4.69, 9.17) is 4.74 Å². The molecule has 3 aromatic carbocycles. The first kappa shape index (κ1) is 24.5. The lowest BCUT2D eigenvalue weighted by atomic mass is 10.1. The molecule has 0 fully saturated rings. The van der Waals surface area contributed by atoms with Crippen LogP contribution < -0.4 is 4.74 Å². The van der Waals surface area contributed by atoms with Gasteiger partial charge in [0.1, 0.15) is 18.2 Å². The highest BCUT2D eigenvalue weighted by atomic mass is 79.9. The van der Waals surface area contributed by atoms with Crippen LogP contribution in [0.25, 0.3) is 17.1 Å². The van der Waals surface area contributed by atoms with Crippen LogP contribution in [0.5, 0.6) is 5.75 Å². The van der Waals surface area contributed by atoms with Crippen LogP contribution >= 0.6 is 15.9 Å². The molecule has 0 saturated carbocycles. The van der Waals surface area contributed by atoms with Crippen LogP contribution in [-0.4, -0.2) is 27.1 Å². The summed E-state index contributed by atoms with van der Waals surface area (Å²) < 4.78 is 48.7. The van der Waals surface area contributed by atoms with Crippen molar-refractivity contribution in [3.05, 3.63) is 94.7 Å². The third-order valence-corrected chi connectivity index (χ3v) is 5.56. The minimum Gasteiger partial charge on any atom is -0.458 e. The average molecular weight is 546 g/mol. The third-order valence-electron chi connectivity index (χ3n) is 5.03. The number of rotatable bonds is 7. The molecule has 1 atom stereocenters. The molecule has 0 amide bonds. The highest BCUT2D eigenvalue weighted by molar-refractivity contribution is 9.10. The Morgan fingerprint density at radius 2 is 1.66 bits per heavy atom. The van der Waals surface area contributed by atoms with Crippen molar-refractivity contribution < 1.29 is 27.4 Å². The molecule has 0 aliphatic heterocycles. The Kier molecular flexibility index (Phi) is 7.20. The van der Waals surface area contributed by atoms with E-state index >= 15 is 0 Å². The number of carbonyl (C=O) groups excluding carboxylic acids is 1. The second kappa shape index (κ2) is 10.3. The maximum atomic E-state index is 12.3. The van der Waals surface area contributed by atoms with Gasteiger partial charge in [0.15, 0.2) is 5.82 Å². The fourth-order valence-corrected chi connectivity index (χ4v) is 3.56. The number of aromatic nitrogens is 3. The first-order chi connectivity index (χ1) is 16.7. The molecule has 35 heavy (non-hydrogen) atoms. The van der Waals surface area contributed by atoms with Crippen molar-refractivity contribution in [1.82, 2.24) is 14.8 Å². The lowest BCUT2D eigenvalue weighted by molar-refractivity contribution is -0.274. The highest BCUT2D eigenvalue weighted by Gasteiger charge is 2.31. The van der Waals surface area contributed by atoms with Gasteiger partial charge in [-0.1, -0.05) is 52.3 Å². The molecule has 0 saturated heterocycles. The largest absolute Gasteiger partial charge is 0.573 e. The Hall–Kier alpha value is -3.66. The van der Waals surface area contributed by atoms with Gasteiger partial charge < -0.3 is 9.47 Å². The molecular formula is C25H19BrF3N3O3. The van der Waals surface area contributed by atoms with Crippen molar-refractivity contribution in [3.63, 3.8) is 0 Å². The van der Waals surface area contributed by atoms with Crippen LogP contribution in [0.1, 0.15) is 24.2 Å². The van der Waals surface area contributed by atoms with Gasteiger partial charge in [-0.15, -0.1) is 18.3 Å². The van der Waals surface area contributed by atoms with Crippen LogP contribution in [-0.2, 0) is 16.0 Å². The predicted molar refractivity (Wildman–Crippen MR) is 126 cm³/mol. The molecule has 0 N–H and O–H groups in total. The van der Waals surface area contributed by atoms with Gasteiger partial charge in [0.2, 0.25) is 0 Å². The summed E-state index contributed by atoms with van der Waals surface area (Å²) in [7, 11) is 0. The second-order valence-corrected chi connectivity index (χ2v) is 8.53. The van der Waals surface area contributed by atoms with E-state index in [1.54, 1.807) is 24.3 Å². The molecule has 0 aliphatic carbocycles. The van der Waals surface area contributed by atoms with Crippen LogP contribution in [0, 0.1) is 0 Å². The molecule has 4 aromatic rings. The zero-order valence-electron chi connectivity index (χ0n) is 18.4. The van der Waals surface area contributed by atoms with E-state index in [1.165, 1.54) is 35.3 Å². The number of hydrogen-bond acceptors (Lipinski definition) is 5. The Morgan fingerprint density at radius 1 is 1.00 bits per heavy atom. The lowest BCUT2D eigenvalue weighted by Crippen LogP contribution is -2.17. The van der Waals surface area contributed by atoms with Crippen LogP contribution in [0.15, 0.2) is 83.6 Å². The predicted octanol–water partition coefficient (Wildman–Crippen LogP) is 6.44. The zero-order chi connectivity index (χ0) is 25.0. The number of ether oxygens (including phenoxy) is 2. The number of hydrogen-bond donors (Lipinski definition) is 0. The van der Waals surface area contributed by atoms with Crippen molar-refractivity contribution in [3.8, 4) is 22.8 Å². The molecule has 0 spiro atoms. The van der Waals surface area contributed by atoms with Crippen molar-refractivity contribution >= 4 is 21.9 Å². The molecule has 0 radical (unpaired) electrons. The molecule has 10 heteroatoms. The lowest BCUT2D eigenvalue weighted by Gasteiger charge is -2.14. The topological polar surface area (TPSA) is 66.2 Å². The van der Waals surface area contributed by atoms with Gasteiger partial charge in [0.05, 0.1) is 12.1 Å². The summed E-state index contributed by atoms with van der Waals surface area (Å²) in [4.78, 5) is 16.6. The minimum absolute atomic E-state index is 0.120. The van der Waals surface area contributed by atoms with E-state index in [0.717, 1.165) is 21.2 Å². The van der Waals surface area contributed by atoms with E-state index in [1.807, 2.05) is 31.2 Å². The molecule has 4 rings (SSSR count). The molecule has 6 nitrogen and oxygen atoms in total. The van der Waals surface area contributed by atoms with Gasteiger partial charge >= 0.3 is 12.3 Å². The average Bonchev–Trinajstić information content (AvgIpc) is 3.29. The normalized spacial score (nSPS) is 12.3. The first-order valence-electron chi connectivity index (χ1n) is 10.5. The Morgan fingerprint density at radius 3 is 2.29 bits per heavy atom. The van der Waals surface area contributed by atoms with E-state index < -0.39 is 6.36 Å². The van der Waals surface area contributed by atoms with Gasteiger partial charge in [0.25, 0.3) is 0 Å². The molecular weight excluding hydrogens is 527 g/mol. The van der Waals surface area contributed by atoms with Crippen molar-refractivity contribution in [2.24, 2.45) is 0 Å². The molecule has 1 aromatic heterocycles. The van der Waals surface area contributed by atoms with Crippen molar-refractivity contribution in [2.75, 3.05) is 0 Å². The van der Waals surface area contributed by atoms with Gasteiger partial charge in [-0.25, -0.2) is 9.67 Å². The maximum absolute atomic E-state index is 12.3. The number of halogens is 4. The van der Waals surface area contributed by atoms with Crippen molar-refractivity contribution in [1.29, 1.82) is 0 Å². The monoisotopic (exact) mass is 545 g/mol.